The van der Waals surface area contributed by atoms with Crippen LogP contribution in [0.1, 0.15) is 40.5 Å². The zero-order valence-corrected chi connectivity index (χ0v) is 20.3. The molecule has 34 heavy (non-hydrogen) atoms. The highest BCUT2D eigenvalue weighted by molar-refractivity contribution is 7.22. The molecule has 1 fully saturated rings. The lowest BCUT2D eigenvalue weighted by Crippen LogP contribution is -2.28. The fourth-order valence-corrected chi connectivity index (χ4v) is 6.86. The van der Waals surface area contributed by atoms with E-state index in [1.54, 1.807) is 18.2 Å². The summed E-state index contributed by atoms with van der Waals surface area (Å²) in [6.07, 6.45) is 4.25. The number of hydrogen-bond acceptors (Lipinski definition) is 6. The van der Waals surface area contributed by atoms with Crippen LogP contribution in [0.3, 0.4) is 0 Å². The number of thiazole rings is 1. The summed E-state index contributed by atoms with van der Waals surface area (Å²) in [5, 5.41) is 14.2. The van der Waals surface area contributed by atoms with Gasteiger partial charge in [0.15, 0.2) is 5.13 Å². The molecule has 3 heterocycles. The number of amides is 1. The predicted molar refractivity (Wildman–Crippen MR) is 137 cm³/mol. The number of anilines is 1. The second-order valence-corrected chi connectivity index (χ2v) is 10.9. The van der Waals surface area contributed by atoms with Crippen molar-refractivity contribution >= 4 is 67.1 Å². The van der Waals surface area contributed by atoms with Gasteiger partial charge in [0.05, 0.1) is 15.8 Å². The van der Waals surface area contributed by atoms with E-state index >= 15 is 0 Å². The van der Waals surface area contributed by atoms with Gasteiger partial charge >= 0.3 is 5.91 Å². The van der Waals surface area contributed by atoms with E-state index in [0.717, 1.165) is 35.3 Å². The summed E-state index contributed by atoms with van der Waals surface area (Å²) in [5.41, 5.74) is 3.84. The maximum Gasteiger partial charge on any atom is 0.301 e. The Morgan fingerprint density at radius 2 is 1.88 bits per heavy atom. The summed E-state index contributed by atoms with van der Waals surface area (Å²) in [5.74, 6) is -1.54. The van der Waals surface area contributed by atoms with E-state index in [1.165, 1.54) is 38.7 Å². The summed E-state index contributed by atoms with van der Waals surface area (Å²) in [4.78, 5) is 33.4. The Labute approximate surface area is 208 Å². The van der Waals surface area contributed by atoms with E-state index in [4.69, 9.17) is 11.6 Å². The van der Waals surface area contributed by atoms with Gasteiger partial charge in [-0.05, 0) is 72.5 Å². The largest absolute Gasteiger partial charge is 0.507 e. The average molecular weight is 507 g/mol. The number of benzene rings is 2. The Balaban J connectivity index is 1.52. The monoisotopic (exact) mass is 506 g/mol. The third-order valence-corrected chi connectivity index (χ3v) is 8.60. The summed E-state index contributed by atoms with van der Waals surface area (Å²) in [6.45, 7) is 0. The van der Waals surface area contributed by atoms with Crippen LogP contribution in [0.25, 0.3) is 16.0 Å². The number of halogens is 1. The first-order valence-corrected chi connectivity index (χ1v) is 13.1. The lowest BCUT2D eigenvalue weighted by atomic mass is 9.89. The Morgan fingerprint density at radius 3 is 2.68 bits per heavy atom. The number of aliphatic hydroxyl groups excluding tert-OH is 1. The van der Waals surface area contributed by atoms with Crippen molar-refractivity contribution < 1.29 is 14.7 Å². The zero-order valence-electron chi connectivity index (χ0n) is 18.0. The molecule has 1 amide bonds. The average Bonchev–Trinajstić information content (AvgIpc) is 3.57. The van der Waals surface area contributed by atoms with Crippen LogP contribution in [0.2, 0.25) is 5.02 Å². The van der Waals surface area contributed by atoms with Crippen LogP contribution in [0.5, 0.6) is 0 Å². The first-order valence-electron chi connectivity index (χ1n) is 11.0. The summed E-state index contributed by atoms with van der Waals surface area (Å²) in [6, 6.07) is 14.2. The SMILES string of the molecule is O=C1C(=O)N(c2nc3ccc(Cl)cc3s2)C(c2cccs2)/C1=C(\O)c1ccc2c(c1)CCCC2. The molecular formula is C26H19ClN2O3S2. The predicted octanol–water partition coefficient (Wildman–Crippen LogP) is 6.52. The number of ketones is 1. The van der Waals surface area contributed by atoms with Gasteiger partial charge in [-0.2, -0.15) is 0 Å². The molecule has 8 heteroatoms. The first kappa shape index (κ1) is 21.5. The zero-order chi connectivity index (χ0) is 23.4. The molecule has 1 aliphatic heterocycles. The van der Waals surface area contributed by atoms with Gasteiger partial charge in [0.25, 0.3) is 5.78 Å². The molecule has 5 nitrogen and oxygen atoms in total. The molecule has 2 aliphatic rings. The molecule has 0 bridgehead atoms. The standard InChI is InChI=1S/C26H19ClN2O3S2/c27-17-9-10-18-20(13-17)34-26(28-18)29-22(19-6-3-11-33-19)21(24(31)25(29)32)23(30)16-8-7-14-4-1-2-5-15(14)12-16/h3,6-13,22,30H,1-2,4-5H2/b23-21+. The number of Topliss-reactive ketones (excluding diaryl/α,β-unsaturated/α-hetero) is 1. The molecule has 0 saturated carbocycles. The van der Waals surface area contributed by atoms with Gasteiger partial charge in [0.1, 0.15) is 11.8 Å². The van der Waals surface area contributed by atoms with Crippen molar-refractivity contribution in [1.29, 1.82) is 0 Å². The molecule has 2 aromatic heterocycles. The number of carbonyl (C=O) groups excluding carboxylic acids is 2. The number of fused-ring (bicyclic) bond motifs is 2. The van der Waals surface area contributed by atoms with Crippen molar-refractivity contribution in [2.45, 2.75) is 31.7 Å². The van der Waals surface area contributed by atoms with Crippen molar-refractivity contribution in [3.8, 4) is 0 Å². The van der Waals surface area contributed by atoms with Crippen LogP contribution in [-0.2, 0) is 22.4 Å². The molecule has 6 rings (SSSR count). The van der Waals surface area contributed by atoms with E-state index < -0.39 is 17.7 Å². The third-order valence-electron chi connectivity index (χ3n) is 6.42. The number of hydrogen-bond donors (Lipinski definition) is 1. The molecule has 4 aromatic rings. The molecule has 1 saturated heterocycles. The molecule has 1 unspecified atom stereocenters. The number of aryl methyl sites for hydroxylation is 2. The van der Waals surface area contributed by atoms with Crippen LogP contribution in [0, 0.1) is 0 Å². The smallest absolute Gasteiger partial charge is 0.301 e. The van der Waals surface area contributed by atoms with E-state index in [2.05, 4.69) is 4.98 Å². The highest BCUT2D eigenvalue weighted by atomic mass is 35.5. The maximum atomic E-state index is 13.3. The van der Waals surface area contributed by atoms with Crippen LogP contribution in [0.4, 0.5) is 5.13 Å². The van der Waals surface area contributed by atoms with Crippen molar-refractivity contribution in [2.24, 2.45) is 0 Å². The van der Waals surface area contributed by atoms with Crippen molar-refractivity contribution in [3.05, 3.63) is 86.1 Å². The second kappa shape index (κ2) is 8.34. The molecule has 170 valence electrons. The van der Waals surface area contributed by atoms with Crippen LogP contribution < -0.4 is 4.90 Å². The van der Waals surface area contributed by atoms with Crippen molar-refractivity contribution in [1.82, 2.24) is 4.98 Å². The van der Waals surface area contributed by atoms with Gasteiger partial charge in [-0.25, -0.2) is 4.98 Å². The maximum absolute atomic E-state index is 13.3. The van der Waals surface area contributed by atoms with Gasteiger partial charge in [0, 0.05) is 15.5 Å². The minimum atomic E-state index is -0.743. The fraction of sp³-hybridized carbons (Fsp3) is 0.192. The molecule has 1 atom stereocenters. The Hall–Kier alpha value is -3.00. The lowest BCUT2D eigenvalue weighted by Gasteiger charge is -2.22. The quantitative estimate of drug-likeness (QED) is 0.195. The number of aromatic nitrogens is 1. The molecule has 0 spiro atoms. The highest BCUT2D eigenvalue weighted by Crippen LogP contribution is 2.45. The topological polar surface area (TPSA) is 70.5 Å². The normalized spacial score (nSPS) is 19.7. The van der Waals surface area contributed by atoms with Crippen LogP contribution in [-0.4, -0.2) is 21.8 Å². The minimum Gasteiger partial charge on any atom is -0.507 e. The van der Waals surface area contributed by atoms with E-state index in [-0.39, 0.29) is 11.3 Å². The second-order valence-electron chi connectivity index (χ2n) is 8.48. The number of nitrogens with zero attached hydrogens (tertiary/aromatic N) is 2. The van der Waals surface area contributed by atoms with Crippen molar-refractivity contribution in [2.75, 3.05) is 4.90 Å². The number of aliphatic hydroxyl groups is 1. The van der Waals surface area contributed by atoms with Gasteiger partial charge < -0.3 is 5.11 Å². The third kappa shape index (κ3) is 3.47. The van der Waals surface area contributed by atoms with E-state index in [9.17, 15) is 14.7 Å². The summed E-state index contributed by atoms with van der Waals surface area (Å²) >= 11 is 8.87. The van der Waals surface area contributed by atoms with Gasteiger partial charge in [0.2, 0.25) is 0 Å². The van der Waals surface area contributed by atoms with Crippen LogP contribution >= 0.6 is 34.3 Å². The number of thiophene rings is 1. The summed E-state index contributed by atoms with van der Waals surface area (Å²) < 4.78 is 0.823. The Kier molecular flexibility index (Phi) is 5.28. The number of rotatable bonds is 3. The summed E-state index contributed by atoms with van der Waals surface area (Å²) in [7, 11) is 0. The van der Waals surface area contributed by atoms with Gasteiger partial charge in [-0.1, -0.05) is 41.1 Å². The van der Waals surface area contributed by atoms with Gasteiger partial charge in [-0.3, -0.25) is 14.5 Å². The number of carbonyl (C=O) groups is 2. The lowest BCUT2D eigenvalue weighted by molar-refractivity contribution is -0.132. The van der Waals surface area contributed by atoms with Crippen molar-refractivity contribution in [3.63, 3.8) is 0 Å². The Morgan fingerprint density at radius 1 is 1.06 bits per heavy atom. The first-order chi connectivity index (χ1) is 16.5. The Bertz CT molecular complexity index is 1490. The highest BCUT2D eigenvalue weighted by Gasteiger charge is 2.48. The molecule has 2 aromatic carbocycles. The van der Waals surface area contributed by atoms with Gasteiger partial charge in [-0.15, -0.1) is 11.3 Å². The molecule has 1 N–H and O–H groups in total. The fourth-order valence-electron chi connectivity index (χ4n) is 4.77. The van der Waals surface area contributed by atoms with E-state index in [0.29, 0.717) is 21.2 Å². The van der Waals surface area contributed by atoms with E-state index in [1.807, 2.05) is 35.7 Å². The van der Waals surface area contributed by atoms with Crippen LogP contribution in [0.15, 0.2) is 59.5 Å². The molecular weight excluding hydrogens is 488 g/mol. The minimum absolute atomic E-state index is 0.0977. The molecule has 0 radical (unpaired) electrons. The molecule has 1 aliphatic carbocycles.